The third kappa shape index (κ3) is 4.19. The lowest BCUT2D eigenvalue weighted by molar-refractivity contribution is 0.418. The lowest BCUT2D eigenvalue weighted by Gasteiger charge is -2.19. The minimum Gasteiger partial charge on any atom is -0.348 e. The van der Waals surface area contributed by atoms with Gasteiger partial charge in [0, 0.05) is 36.0 Å². The molecule has 0 saturated carbocycles. The Morgan fingerprint density at radius 1 is 1.33 bits per heavy atom. The first-order valence-corrected chi connectivity index (χ1v) is 8.89. The first kappa shape index (κ1) is 16.8. The van der Waals surface area contributed by atoms with Crippen molar-refractivity contribution in [1.29, 1.82) is 0 Å². The van der Waals surface area contributed by atoms with Gasteiger partial charge in [-0.15, -0.1) is 11.3 Å². The minimum absolute atomic E-state index is 0.109. The molecule has 1 aliphatic rings. The van der Waals surface area contributed by atoms with Gasteiger partial charge in [0.15, 0.2) is 5.13 Å². The van der Waals surface area contributed by atoms with Crippen molar-refractivity contribution in [2.24, 2.45) is 5.41 Å². The van der Waals surface area contributed by atoms with E-state index >= 15 is 0 Å². The Kier molecular flexibility index (Phi) is 4.69. The molecule has 2 heterocycles. The normalized spacial score (nSPS) is 18.8. The number of rotatable bonds is 4. The summed E-state index contributed by atoms with van der Waals surface area (Å²) in [6, 6.07) is 0.508. The van der Waals surface area contributed by atoms with E-state index in [1.807, 2.05) is 11.3 Å². The average molecular weight is 310 g/mol. The van der Waals surface area contributed by atoms with Crippen molar-refractivity contribution in [3.05, 3.63) is 10.6 Å². The fraction of sp³-hybridized carbons (Fsp3) is 0.824. The van der Waals surface area contributed by atoms with Crippen LogP contribution in [0.5, 0.6) is 0 Å². The second-order valence-corrected chi connectivity index (χ2v) is 9.45. The zero-order chi connectivity index (χ0) is 15.8. The quantitative estimate of drug-likeness (QED) is 0.904. The van der Waals surface area contributed by atoms with Crippen molar-refractivity contribution in [2.45, 2.75) is 72.9 Å². The van der Waals surface area contributed by atoms with Crippen LogP contribution in [0.1, 0.15) is 65.5 Å². The SMILES string of the molecule is CC(C)NCc1sc(N2CCC(C)(C)C2)nc1C(C)(C)C. The van der Waals surface area contributed by atoms with Gasteiger partial charge in [-0.05, 0) is 11.8 Å². The predicted molar refractivity (Wildman–Crippen MR) is 93.4 cm³/mol. The van der Waals surface area contributed by atoms with Crippen LogP contribution in [-0.2, 0) is 12.0 Å². The van der Waals surface area contributed by atoms with Gasteiger partial charge in [-0.3, -0.25) is 0 Å². The maximum absolute atomic E-state index is 5.01. The van der Waals surface area contributed by atoms with Crippen molar-refractivity contribution in [1.82, 2.24) is 10.3 Å². The van der Waals surface area contributed by atoms with E-state index in [0.717, 1.165) is 19.6 Å². The molecule has 0 spiro atoms. The second-order valence-electron chi connectivity index (χ2n) is 8.39. The van der Waals surface area contributed by atoms with E-state index in [4.69, 9.17) is 4.98 Å². The number of nitrogens with zero attached hydrogens (tertiary/aromatic N) is 2. The third-order valence-corrected chi connectivity index (χ3v) is 5.13. The van der Waals surface area contributed by atoms with Crippen molar-refractivity contribution in [3.8, 4) is 0 Å². The Bertz CT molecular complexity index is 483. The first-order chi connectivity index (χ1) is 9.58. The molecular formula is C17H31N3S. The summed E-state index contributed by atoms with van der Waals surface area (Å²) in [7, 11) is 0. The van der Waals surface area contributed by atoms with Gasteiger partial charge in [0.05, 0.1) is 5.69 Å². The first-order valence-electron chi connectivity index (χ1n) is 8.07. The highest BCUT2D eigenvalue weighted by molar-refractivity contribution is 7.15. The number of hydrogen-bond acceptors (Lipinski definition) is 4. The van der Waals surface area contributed by atoms with E-state index in [-0.39, 0.29) is 5.41 Å². The molecule has 0 atom stereocenters. The van der Waals surface area contributed by atoms with Gasteiger partial charge in [0.25, 0.3) is 0 Å². The summed E-state index contributed by atoms with van der Waals surface area (Å²) in [6.45, 7) is 19.1. The molecule has 0 aliphatic carbocycles. The van der Waals surface area contributed by atoms with Gasteiger partial charge in [-0.2, -0.15) is 0 Å². The molecule has 1 aromatic heterocycles. The van der Waals surface area contributed by atoms with E-state index < -0.39 is 0 Å². The van der Waals surface area contributed by atoms with Crippen molar-refractivity contribution >= 4 is 16.5 Å². The molecule has 0 unspecified atom stereocenters. The van der Waals surface area contributed by atoms with Crippen LogP contribution in [0.25, 0.3) is 0 Å². The zero-order valence-corrected chi connectivity index (χ0v) is 15.5. The Balaban J connectivity index is 2.24. The van der Waals surface area contributed by atoms with Crippen LogP contribution >= 0.6 is 11.3 Å². The monoisotopic (exact) mass is 309 g/mol. The van der Waals surface area contributed by atoms with E-state index in [0.29, 0.717) is 11.5 Å². The lowest BCUT2D eigenvalue weighted by Crippen LogP contribution is -2.24. The molecule has 1 aromatic rings. The summed E-state index contributed by atoms with van der Waals surface area (Å²) in [5.41, 5.74) is 1.79. The van der Waals surface area contributed by atoms with Gasteiger partial charge in [0.2, 0.25) is 0 Å². The summed E-state index contributed by atoms with van der Waals surface area (Å²) in [4.78, 5) is 8.88. The topological polar surface area (TPSA) is 28.2 Å². The zero-order valence-electron chi connectivity index (χ0n) is 14.7. The van der Waals surface area contributed by atoms with Gasteiger partial charge >= 0.3 is 0 Å². The highest BCUT2D eigenvalue weighted by atomic mass is 32.1. The van der Waals surface area contributed by atoms with Crippen LogP contribution < -0.4 is 10.2 Å². The average Bonchev–Trinajstić information content (AvgIpc) is 2.89. The highest BCUT2D eigenvalue weighted by Crippen LogP contribution is 2.38. The van der Waals surface area contributed by atoms with Gasteiger partial charge < -0.3 is 10.2 Å². The molecule has 0 radical (unpaired) electrons. The maximum Gasteiger partial charge on any atom is 0.185 e. The fourth-order valence-electron chi connectivity index (χ4n) is 2.75. The summed E-state index contributed by atoms with van der Waals surface area (Å²) >= 11 is 1.88. The summed E-state index contributed by atoms with van der Waals surface area (Å²) in [6.07, 6.45) is 1.26. The molecule has 0 aromatic carbocycles. The van der Waals surface area contributed by atoms with Crippen molar-refractivity contribution in [3.63, 3.8) is 0 Å². The molecule has 4 heteroatoms. The lowest BCUT2D eigenvalue weighted by atomic mass is 9.91. The molecule has 1 fully saturated rings. The minimum atomic E-state index is 0.109. The molecule has 1 N–H and O–H groups in total. The van der Waals surface area contributed by atoms with Crippen LogP contribution in [0, 0.1) is 5.41 Å². The predicted octanol–water partition coefficient (Wildman–Crippen LogP) is 4.17. The molecule has 0 amide bonds. The molecular weight excluding hydrogens is 278 g/mol. The van der Waals surface area contributed by atoms with E-state index in [1.165, 1.54) is 22.1 Å². The number of thiazole rings is 1. The molecule has 120 valence electrons. The van der Waals surface area contributed by atoms with Crippen molar-refractivity contribution in [2.75, 3.05) is 18.0 Å². The fourth-order valence-corrected chi connectivity index (χ4v) is 4.00. The summed E-state index contributed by atoms with van der Waals surface area (Å²) in [5.74, 6) is 0. The molecule has 0 bridgehead atoms. The maximum atomic E-state index is 5.01. The highest BCUT2D eigenvalue weighted by Gasteiger charge is 2.32. The molecule has 21 heavy (non-hydrogen) atoms. The van der Waals surface area contributed by atoms with Crippen LogP contribution in [0.4, 0.5) is 5.13 Å². The van der Waals surface area contributed by atoms with Crippen LogP contribution in [0.2, 0.25) is 0 Å². The number of aromatic nitrogens is 1. The molecule has 3 nitrogen and oxygen atoms in total. The molecule has 2 rings (SSSR count). The molecule has 1 saturated heterocycles. The largest absolute Gasteiger partial charge is 0.348 e. The Labute approximate surface area is 134 Å². The van der Waals surface area contributed by atoms with Gasteiger partial charge in [-0.1, -0.05) is 48.5 Å². The van der Waals surface area contributed by atoms with Crippen LogP contribution in [-0.4, -0.2) is 24.1 Å². The van der Waals surface area contributed by atoms with Crippen molar-refractivity contribution < 1.29 is 0 Å². The Hall–Kier alpha value is -0.610. The third-order valence-electron chi connectivity index (χ3n) is 4.02. The van der Waals surface area contributed by atoms with Crippen LogP contribution in [0.15, 0.2) is 0 Å². The van der Waals surface area contributed by atoms with Gasteiger partial charge in [-0.25, -0.2) is 4.98 Å². The van der Waals surface area contributed by atoms with E-state index in [2.05, 4.69) is 58.7 Å². The smallest absolute Gasteiger partial charge is 0.185 e. The number of nitrogens with one attached hydrogen (secondary N) is 1. The number of hydrogen-bond donors (Lipinski definition) is 1. The Morgan fingerprint density at radius 2 is 2.00 bits per heavy atom. The molecule has 1 aliphatic heterocycles. The van der Waals surface area contributed by atoms with E-state index in [1.54, 1.807) is 0 Å². The van der Waals surface area contributed by atoms with Gasteiger partial charge in [0.1, 0.15) is 0 Å². The summed E-state index contributed by atoms with van der Waals surface area (Å²) in [5, 5.41) is 4.76. The standard InChI is InChI=1S/C17H31N3S/c1-12(2)18-10-13-14(16(3,4)5)19-15(21-13)20-9-8-17(6,7)11-20/h12,18H,8-11H2,1-7H3. The Morgan fingerprint density at radius 3 is 2.48 bits per heavy atom. The number of anilines is 1. The van der Waals surface area contributed by atoms with Crippen LogP contribution in [0.3, 0.4) is 0 Å². The second kappa shape index (κ2) is 5.88. The van der Waals surface area contributed by atoms with E-state index in [9.17, 15) is 0 Å². The summed E-state index contributed by atoms with van der Waals surface area (Å²) < 4.78 is 0.